The Hall–Kier alpha value is -1.60. The van der Waals surface area contributed by atoms with E-state index in [2.05, 4.69) is 18.8 Å². The maximum absolute atomic E-state index is 12.3. The molecule has 0 aliphatic heterocycles. The van der Waals surface area contributed by atoms with Crippen molar-refractivity contribution in [1.29, 1.82) is 0 Å². The Morgan fingerprint density at radius 3 is 2.50 bits per heavy atom. The minimum atomic E-state index is -0.424. The van der Waals surface area contributed by atoms with Crippen LogP contribution in [0.25, 0.3) is 11.2 Å². The van der Waals surface area contributed by atoms with Crippen LogP contribution < -0.4 is 11.2 Å². The van der Waals surface area contributed by atoms with Crippen LogP contribution in [0.3, 0.4) is 0 Å². The zero-order chi connectivity index (χ0) is 16.4. The second-order valence-electron chi connectivity index (χ2n) is 5.71. The first kappa shape index (κ1) is 16.8. The summed E-state index contributed by atoms with van der Waals surface area (Å²) in [6.45, 7) is 5.78. The van der Waals surface area contributed by atoms with E-state index in [-0.39, 0.29) is 5.28 Å². The van der Waals surface area contributed by atoms with E-state index >= 15 is 0 Å². The monoisotopic (exact) mass is 328 g/mol. The van der Waals surface area contributed by atoms with E-state index < -0.39 is 11.2 Å². The SMILES string of the molecule is CC(C)CCOCCn1c(Cl)nc2c1c(=O)n(C)c(=O)n2C. The van der Waals surface area contributed by atoms with Gasteiger partial charge in [-0.05, 0) is 23.9 Å². The van der Waals surface area contributed by atoms with Crippen LogP contribution in [0.4, 0.5) is 0 Å². The molecule has 0 bridgehead atoms. The minimum absolute atomic E-state index is 0.181. The molecule has 2 aromatic heterocycles. The minimum Gasteiger partial charge on any atom is -0.380 e. The number of halogens is 1. The highest BCUT2D eigenvalue weighted by Gasteiger charge is 2.17. The molecule has 0 N–H and O–H groups in total. The fraction of sp³-hybridized carbons (Fsp3) is 0.643. The van der Waals surface area contributed by atoms with Crippen molar-refractivity contribution in [2.24, 2.45) is 20.0 Å². The lowest BCUT2D eigenvalue weighted by Gasteiger charge is -2.09. The van der Waals surface area contributed by atoms with Crippen LogP contribution in [-0.2, 0) is 25.4 Å². The van der Waals surface area contributed by atoms with Crippen molar-refractivity contribution in [3.8, 4) is 0 Å². The van der Waals surface area contributed by atoms with E-state index in [1.807, 2.05) is 0 Å². The zero-order valence-corrected chi connectivity index (χ0v) is 14.1. The standard InChI is InChI=1S/C14H21ClN4O3/c1-9(2)5-7-22-8-6-19-10-11(16-13(19)15)17(3)14(21)18(4)12(10)20/h9H,5-8H2,1-4H3. The molecule has 0 aliphatic carbocycles. The summed E-state index contributed by atoms with van der Waals surface area (Å²) >= 11 is 6.11. The van der Waals surface area contributed by atoms with Gasteiger partial charge in [0, 0.05) is 27.2 Å². The summed E-state index contributed by atoms with van der Waals surface area (Å²) in [6.07, 6.45) is 0.981. The molecule has 7 nitrogen and oxygen atoms in total. The Balaban J connectivity index is 2.29. The maximum atomic E-state index is 12.3. The van der Waals surface area contributed by atoms with Gasteiger partial charge in [0.1, 0.15) is 0 Å². The van der Waals surface area contributed by atoms with E-state index in [1.54, 1.807) is 11.6 Å². The molecule has 0 saturated carbocycles. The summed E-state index contributed by atoms with van der Waals surface area (Å²) in [5, 5.41) is 0.181. The Kier molecular flexibility index (Phi) is 5.08. The highest BCUT2D eigenvalue weighted by atomic mass is 35.5. The molecular formula is C14H21ClN4O3. The molecule has 0 aliphatic rings. The van der Waals surface area contributed by atoms with Crippen LogP contribution in [0.5, 0.6) is 0 Å². The van der Waals surface area contributed by atoms with Gasteiger partial charge in [-0.2, -0.15) is 4.98 Å². The van der Waals surface area contributed by atoms with Gasteiger partial charge in [0.05, 0.1) is 6.61 Å². The molecule has 0 fully saturated rings. The molecule has 2 aromatic rings. The smallest absolute Gasteiger partial charge is 0.332 e. The van der Waals surface area contributed by atoms with E-state index in [9.17, 15) is 9.59 Å². The van der Waals surface area contributed by atoms with Gasteiger partial charge >= 0.3 is 5.69 Å². The van der Waals surface area contributed by atoms with Gasteiger partial charge in [0.15, 0.2) is 11.2 Å². The molecule has 0 amide bonds. The van der Waals surface area contributed by atoms with Crippen LogP contribution in [0, 0.1) is 5.92 Å². The molecule has 0 radical (unpaired) electrons. The second-order valence-corrected chi connectivity index (χ2v) is 6.04. The summed E-state index contributed by atoms with van der Waals surface area (Å²) in [5.41, 5.74) is -0.214. The molecule has 2 heterocycles. The number of aryl methyl sites for hydroxylation is 1. The Morgan fingerprint density at radius 2 is 1.86 bits per heavy atom. The molecule has 2 rings (SSSR count). The average molecular weight is 329 g/mol. The van der Waals surface area contributed by atoms with Crippen molar-refractivity contribution in [2.75, 3.05) is 13.2 Å². The lowest BCUT2D eigenvalue weighted by Crippen LogP contribution is -2.37. The number of hydrogen-bond donors (Lipinski definition) is 0. The van der Waals surface area contributed by atoms with E-state index in [4.69, 9.17) is 16.3 Å². The largest absolute Gasteiger partial charge is 0.380 e. The maximum Gasteiger partial charge on any atom is 0.332 e. The molecule has 8 heteroatoms. The number of rotatable bonds is 6. The van der Waals surface area contributed by atoms with Gasteiger partial charge in [0.2, 0.25) is 5.28 Å². The van der Waals surface area contributed by atoms with E-state index in [0.29, 0.717) is 36.8 Å². The van der Waals surface area contributed by atoms with E-state index in [0.717, 1.165) is 11.0 Å². The van der Waals surface area contributed by atoms with Gasteiger partial charge in [-0.15, -0.1) is 0 Å². The predicted molar refractivity (Wildman–Crippen MR) is 85.5 cm³/mol. The Morgan fingerprint density at radius 1 is 1.18 bits per heavy atom. The first-order chi connectivity index (χ1) is 10.3. The highest BCUT2D eigenvalue weighted by Crippen LogP contribution is 2.15. The molecular weight excluding hydrogens is 308 g/mol. The third-order valence-electron chi connectivity index (χ3n) is 3.60. The van der Waals surface area contributed by atoms with Crippen LogP contribution in [0.1, 0.15) is 20.3 Å². The third kappa shape index (κ3) is 3.10. The Labute approximate surface area is 133 Å². The average Bonchev–Trinajstić information content (AvgIpc) is 2.79. The highest BCUT2D eigenvalue weighted by molar-refractivity contribution is 6.29. The van der Waals surface area contributed by atoms with E-state index in [1.165, 1.54) is 11.6 Å². The van der Waals surface area contributed by atoms with Crippen molar-refractivity contribution in [2.45, 2.75) is 26.8 Å². The van der Waals surface area contributed by atoms with Crippen molar-refractivity contribution in [3.05, 3.63) is 26.1 Å². The summed E-state index contributed by atoms with van der Waals surface area (Å²) in [4.78, 5) is 28.3. The van der Waals surface area contributed by atoms with Gasteiger partial charge < -0.3 is 9.30 Å². The number of hydrogen-bond acceptors (Lipinski definition) is 4. The molecule has 22 heavy (non-hydrogen) atoms. The summed E-state index contributed by atoms with van der Waals surface area (Å²) in [6, 6.07) is 0. The van der Waals surface area contributed by atoms with Crippen molar-refractivity contribution in [3.63, 3.8) is 0 Å². The van der Waals surface area contributed by atoms with Crippen LogP contribution in [0.2, 0.25) is 5.28 Å². The fourth-order valence-electron chi connectivity index (χ4n) is 2.20. The summed E-state index contributed by atoms with van der Waals surface area (Å²) in [7, 11) is 3.01. The van der Waals surface area contributed by atoms with Crippen molar-refractivity contribution >= 4 is 22.8 Å². The first-order valence-corrected chi connectivity index (χ1v) is 7.62. The fourth-order valence-corrected chi connectivity index (χ4v) is 2.45. The second kappa shape index (κ2) is 6.66. The van der Waals surface area contributed by atoms with Gasteiger partial charge in [-0.1, -0.05) is 13.8 Å². The van der Waals surface area contributed by atoms with Gasteiger partial charge in [-0.25, -0.2) is 4.79 Å². The summed E-state index contributed by atoms with van der Waals surface area (Å²) < 4.78 is 9.52. The molecule has 0 atom stereocenters. The molecule has 0 saturated heterocycles. The predicted octanol–water partition coefficient (Wildman–Crippen LogP) is 1.15. The topological polar surface area (TPSA) is 71.1 Å². The van der Waals surface area contributed by atoms with Gasteiger partial charge in [0.25, 0.3) is 5.56 Å². The number of imidazole rings is 1. The third-order valence-corrected chi connectivity index (χ3v) is 3.89. The van der Waals surface area contributed by atoms with Gasteiger partial charge in [-0.3, -0.25) is 13.9 Å². The van der Waals surface area contributed by atoms with Crippen LogP contribution in [0.15, 0.2) is 9.59 Å². The quantitative estimate of drug-likeness (QED) is 0.589. The summed E-state index contributed by atoms with van der Waals surface area (Å²) in [5.74, 6) is 0.583. The number of fused-ring (bicyclic) bond motifs is 1. The lowest BCUT2D eigenvalue weighted by molar-refractivity contribution is 0.117. The zero-order valence-electron chi connectivity index (χ0n) is 13.3. The molecule has 0 aromatic carbocycles. The number of nitrogens with zero attached hydrogens (tertiary/aromatic N) is 4. The first-order valence-electron chi connectivity index (χ1n) is 7.24. The molecule has 0 spiro atoms. The molecule has 122 valence electrons. The number of aromatic nitrogens is 4. The van der Waals surface area contributed by atoms with Crippen LogP contribution >= 0.6 is 11.6 Å². The van der Waals surface area contributed by atoms with Crippen LogP contribution in [-0.4, -0.2) is 31.9 Å². The lowest BCUT2D eigenvalue weighted by atomic mass is 10.1. The number of ether oxygens (including phenoxy) is 1. The van der Waals surface area contributed by atoms with Crippen molar-refractivity contribution < 1.29 is 4.74 Å². The molecule has 0 unspecified atom stereocenters. The Bertz CT molecular complexity index is 788. The normalized spacial score (nSPS) is 11.7. The van der Waals surface area contributed by atoms with Crippen molar-refractivity contribution in [1.82, 2.24) is 18.7 Å².